The van der Waals surface area contributed by atoms with Gasteiger partial charge in [0.1, 0.15) is 12.4 Å². The molecule has 3 N–H and O–H groups in total. The van der Waals surface area contributed by atoms with Gasteiger partial charge in [0.25, 0.3) is 0 Å². The molecular formula is C10H16N4O2. The number of nitrogen functional groups attached to an aromatic ring is 1. The topological polar surface area (TPSA) is 90.1 Å². The van der Waals surface area contributed by atoms with Gasteiger partial charge in [0.15, 0.2) is 5.82 Å². The Morgan fingerprint density at radius 2 is 2.25 bits per heavy atom. The average Bonchev–Trinajstić information content (AvgIpc) is 2.26. The van der Waals surface area contributed by atoms with Gasteiger partial charge in [-0.1, -0.05) is 13.8 Å². The second kappa shape index (κ2) is 5.29. The zero-order valence-electron chi connectivity index (χ0n) is 9.60. The van der Waals surface area contributed by atoms with Gasteiger partial charge in [-0.05, 0) is 5.92 Å². The van der Waals surface area contributed by atoms with Gasteiger partial charge in [0.2, 0.25) is 0 Å². The highest BCUT2D eigenvalue weighted by Crippen LogP contribution is 2.16. The molecule has 0 aliphatic carbocycles. The van der Waals surface area contributed by atoms with Crippen molar-refractivity contribution in [2.75, 3.05) is 18.2 Å². The van der Waals surface area contributed by atoms with Gasteiger partial charge in [-0.25, -0.2) is 14.8 Å². The van der Waals surface area contributed by atoms with E-state index in [9.17, 15) is 4.79 Å². The van der Waals surface area contributed by atoms with Gasteiger partial charge in [-0.3, -0.25) is 0 Å². The molecule has 1 heterocycles. The van der Waals surface area contributed by atoms with Crippen LogP contribution in [0.4, 0.5) is 11.5 Å². The molecule has 0 saturated carbocycles. The van der Waals surface area contributed by atoms with Crippen molar-refractivity contribution in [1.82, 2.24) is 9.97 Å². The normalized spacial score (nSPS) is 12.2. The summed E-state index contributed by atoms with van der Waals surface area (Å²) in [5.74, 6) is 0.175. The first-order valence-electron chi connectivity index (χ1n) is 4.96. The number of hydrogen-bond donors (Lipinski definition) is 2. The van der Waals surface area contributed by atoms with Crippen molar-refractivity contribution in [2.24, 2.45) is 5.92 Å². The fourth-order valence-corrected chi connectivity index (χ4v) is 1.23. The van der Waals surface area contributed by atoms with Gasteiger partial charge in [-0.15, -0.1) is 0 Å². The zero-order chi connectivity index (χ0) is 12.1. The van der Waals surface area contributed by atoms with E-state index in [1.165, 1.54) is 19.6 Å². The predicted octanol–water partition coefficient (Wildman–Crippen LogP) is 0.668. The summed E-state index contributed by atoms with van der Waals surface area (Å²) in [5.41, 5.74) is 6.07. The van der Waals surface area contributed by atoms with Gasteiger partial charge < -0.3 is 15.8 Å². The SMILES string of the molecule is COC(=O)C(Nc1ncncc1N)C(C)C. The van der Waals surface area contributed by atoms with E-state index >= 15 is 0 Å². The number of carbonyl (C=O) groups excluding carboxylic acids is 1. The number of methoxy groups -OCH3 is 1. The smallest absolute Gasteiger partial charge is 0.328 e. The Morgan fingerprint density at radius 1 is 1.56 bits per heavy atom. The van der Waals surface area contributed by atoms with Crippen LogP contribution in [0.25, 0.3) is 0 Å². The molecule has 1 aromatic rings. The van der Waals surface area contributed by atoms with Gasteiger partial charge >= 0.3 is 5.97 Å². The lowest BCUT2D eigenvalue weighted by atomic mass is 10.0. The van der Waals surface area contributed by atoms with E-state index in [1.807, 2.05) is 13.8 Å². The number of anilines is 2. The Balaban J connectivity index is 2.84. The van der Waals surface area contributed by atoms with Crippen molar-refractivity contribution in [3.63, 3.8) is 0 Å². The maximum absolute atomic E-state index is 11.5. The molecule has 1 unspecified atom stereocenters. The molecule has 0 aliphatic heterocycles. The van der Waals surface area contributed by atoms with Crippen LogP contribution in [0.5, 0.6) is 0 Å². The summed E-state index contributed by atoms with van der Waals surface area (Å²) >= 11 is 0. The molecule has 16 heavy (non-hydrogen) atoms. The lowest BCUT2D eigenvalue weighted by Crippen LogP contribution is -2.36. The van der Waals surface area contributed by atoms with E-state index in [0.29, 0.717) is 11.5 Å². The largest absolute Gasteiger partial charge is 0.467 e. The second-order valence-corrected chi connectivity index (χ2v) is 3.72. The molecule has 0 aromatic carbocycles. The number of nitrogens with zero attached hydrogens (tertiary/aromatic N) is 2. The van der Waals surface area contributed by atoms with Crippen LogP contribution >= 0.6 is 0 Å². The second-order valence-electron chi connectivity index (χ2n) is 3.72. The standard InChI is InChI=1S/C10H16N4O2/c1-6(2)8(10(15)16-3)14-9-7(11)4-12-5-13-9/h4-6,8H,11H2,1-3H3,(H,12,13,14). The lowest BCUT2D eigenvalue weighted by Gasteiger charge is -2.20. The fourth-order valence-electron chi connectivity index (χ4n) is 1.23. The molecule has 0 amide bonds. The first-order valence-corrected chi connectivity index (χ1v) is 4.96. The van der Waals surface area contributed by atoms with E-state index in [1.54, 1.807) is 0 Å². The van der Waals surface area contributed by atoms with E-state index in [2.05, 4.69) is 15.3 Å². The third kappa shape index (κ3) is 2.82. The highest BCUT2D eigenvalue weighted by Gasteiger charge is 2.23. The first kappa shape index (κ1) is 12.2. The predicted molar refractivity (Wildman–Crippen MR) is 60.7 cm³/mol. The Hall–Kier alpha value is -1.85. The monoisotopic (exact) mass is 224 g/mol. The summed E-state index contributed by atoms with van der Waals surface area (Å²) in [6, 6.07) is -0.470. The quantitative estimate of drug-likeness (QED) is 0.730. The molecule has 0 saturated heterocycles. The van der Waals surface area contributed by atoms with Crippen molar-refractivity contribution in [1.29, 1.82) is 0 Å². The first-order chi connectivity index (χ1) is 7.56. The molecule has 0 radical (unpaired) electrons. The third-order valence-corrected chi connectivity index (χ3v) is 2.15. The lowest BCUT2D eigenvalue weighted by molar-refractivity contribution is -0.142. The van der Waals surface area contributed by atoms with Crippen molar-refractivity contribution < 1.29 is 9.53 Å². The molecule has 1 rings (SSSR count). The number of aromatic nitrogens is 2. The van der Waals surface area contributed by atoms with E-state index in [4.69, 9.17) is 10.5 Å². The van der Waals surface area contributed by atoms with Crippen molar-refractivity contribution in [3.05, 3.63) is 12.5 Å². The summed E-state index contributed by atoms with van der Waals surface area (Å²) in [4.78, 5) is 19.2. The summed E-state index contributed by atoms with van der Waals surface area (Å²) in [6.45, 7) is 3.82. The fraction of sp³-hybridized carbons (Fsp3) is 0.500. The number of ether oxygens (including phenoxy) is 1. The minimum absolute atomic E-state index is 0.0711. The van der Waals surface area contributed by atoms with E-state index in [0.717, 1.165) is 0 Å². The maximum atomic E-state index is 11.5. The van der Waals surface area contributed by atoms with Crippen LogP contribution in [0, 0.1) is 5.92 Å². The van der Waals surface area contributed by atoms with Crippen LogP contribution in [0.1, 0.15) is 13.8 Å². The Bertz CT molecular complexity index is 368. The van der Waals surface area contributed by atoms with Crippen LogP contribution in [0.2, 0.25) is 0 Å². The van der Waals surface area contributed by atoms with Crippen LogP contribution in [0.15, 0.2) is 12.5 Å². The molecule has 1 atom stereocenters. The minimum Gasteiger partial charge on any atom is -0.467 e. The number of carbonyl (C=O) groups is 1. The molecule has 88 valence electrons. The molecule has 0 aliphatic rings. The number of esters is 1. The van der Waals surface area contributed by atoms with Crippen LogP contribution in [-0.2, 0) is 9.53 Å². The van der Waals surface area contributed by atoms with Crippen LogP contribution in [0.3, 0.4) is 0 Å². The molecule has 0 fully saturated rings. The van der Waals surface area contributed by atoms with Crippen LogP contribution in [-0.4, -0.2) is 29.1 Å². The number of hydrogen-bond acceptors (Lipinski definition) is 6. The molecule has 0 bridgehead atoms. The summed E-state index contributed by atoms with van der Waals surface area (Å²) in [5, 5.41) is 2.95. The zero-order valence-corrected chi connectivity index (χ0v) is 9.60. The average molecular weight is 224 g/mol. The van der Waals surface area contributed by atoms with Crippen molar-refractivity contribution in [2.45, 2.75) is 19.9 Å². The molecule has 0 spiro atoms. The maximum Gasteiger partial charge on any atom is 0.328 e. The molecule has 6 heteroatoms. The summed E-state index contributed by atoms with van der Waals surface area (Å²) < 4.78 is 4.70. The molecular weight excluding hydrogens is 208 g/mol. The summed E-state index contributed by atoms with van der Waals surface area (Å²) in [6.07, 6.45) is 2.84. The Kier molecular flexibility index (Phi) is 4.04. The number of nitrogens with one attached hydrogen (secondary N) is 1. The van der Waals surface area contributed by atoms with Crippen molar-refractivity contribution in [3.8, 4) is 0 Å². The Labute approximate surface area is 94.2 Å². The number of nitrogens with two attached hydrogens (primary N) is 1. The molecule has 1 aromatic heterocycles. The highest BCUT2D eigenvalue weighted by molar-refractivity contribution is 5.80. The van der Waals surface area contributed by atoms with Crippen LogP contribution < -0.4 is 11.1 Å². The third-order valence-electron chi connectivity index (χ3n) is 2.15. The van der Waals surface area contributed by atoms with Gasteiger partial charge in [0, 0.05) is 0 Å². The van der Waals surface area contributed by atoms with Gasteiger partial charge in [-0.2, -0.15) is 0 Å². The summed E-state index contributed by atoms with van der Waals surface area (Å²) in [7, 11) is 1.35. The van der Waals surface area contributed by atoms with E-state index in [-0.39, 0.29) is 11.9 Å². The highest BCUT2D eigenvalue weighted by atomic mass is 16.5. The Morgan fingerprint density at radius 3 is 2.75 bits per heavy atom. The number of rotatable bonds is 4. The van der Waals surface area contributed by atoms with E-state index < -0.39 is 6.04 Å². The molecule has 6 nitrogen and oxygen atoms in total. The van der Waals surface area contributed by atoms with Gasteiger partial charge in [0.05, 0.1) is 19.0 Å². The minimum atomic E-state index is -0.470. The van der Waals surface area contributed by atoms with Crippen molar-refractivity contribution >= 4 is 17.5 Å².